The van der Waals surface area contributed by atoms with Gasteiger partial charge in [0.05, 0.1) is 5.69 Å². The summed E-state index contributed by atoms with van der Waals surface area (Å²) in [6, 6.07) is 0. The number of halogens is 1. The van der Waals surface area contributed by atoms with E-state index in [0.29, 0.717) is 11.1 Å². The second-order valence-electron chi connectivity index (χ2n) is 4.74. The van der Waals surface area contributed by atoms with E-state index >= 15 is 0 Å². The van der Waals surface area contributed by atoms with E-state index in [-0.39, 0.29) is 5.54 Å². The van der Waals surface area contributed by atoms with Gasteiger partial charge in [0.25, 0.3) is 0 Å². The summed E-state index contributed by atoms with van der Waals surface area (Å²) < 4.78 is 0. The number of rotatable bonds is 1. The number of fused-ring (bicyclic) bond motifs is 1. The summed E-state index contributed by atoms with van der Waals surface area (Å²) in [6.45, 7) is 7.74. The maximum atomic E-state index is 6.07. The first-order valence-corrected chi connectivity index (χ1v) is 5.38. The van der Waals surface area contributed by atoms with E-state index in [4.69, 9.17) is 11.6 Å². The summed E-state index contributed by atoms with van der Waals surface area (Å²) in [7, 11) is 0. The van der Waals surface area contributed by atoms with E-state index in [9.17, 15) is 0 Å². The summed E-state index contributed by atoms with van der Waals surface area (Å²) in [5, 5.41) is 6.97. The molecule has 0 atom stereocenters. The van der Waals surface area contributed by atoms with Gasteiger partial charge in [-0.2, -0.15) is 0 Å². The first kappa shape index (κ1) is 10.6. The summed E-state index contributed by atoms with van der Waals surface area (Å²) in [4.78, 5) is 8.66. The van der Waals surface area contributed by atoms with Crippen LogP contribution in [0.1, 0.15) is 32.0 Å². The first-order valence-electron chi connectivity index (χ1n) is 5.00. The van der Waals surface area contributed by atoms with Crippen molar-refractivity contribution in [2.24, 2.45) is 0 Å². The quantitative estimate of drug-likeness (QED) is 0.719. The van der Waals surface area contributed by atoms with Crippen LogP contribution in [0.3, 0.4) is 0 Å². The molecule has 0 spiro atoms. The van der Waals surface area contributed by atoms with Crippen molar-refractivity contribution in [1.82, 2.24) is 15.3 Å². The van der Waals surface area contributed by atoms with E-state index in [0.717, 1.165) is 24.3 Å². The molecular weight excluding hydrogens is 212 g/mol. The third-order valence-corrected chi connectivity index (χ3v) is 2.44. The van der Waals surface area contributed by atoms with Crippen LogP contribution >= 0.6 is 11.6 Å². The van der Waals surface area contributed by atoms with Crippen LogP contribution in [0.2, 0.25) is 5.15 Å². The van der Waals surface area contributed by atoms with Crippen LogP contribution in [0.5, 0.6) is 0 Å². The Hall–Kier alpha value is -0.870. The number of hydrogen-bond donors (Lipinski definition) is 2. The molecule has 2 heterocycles. The predicted molar refractivity (Wildman–Crippen MR) is 61.0 cm³/mol. The van der Waals surface area contributed by atoms with Gasteiger partial charge >= 0.3 is 0 Å². The smallest absolute Gasteiger partial charge is 0.224 e. The maximum absolute atomic E-state index is 6.07. The Bertz CT molecular complexity index is 384. The number of aromatic nitrogens is 2. The monoisotopic (exact) mass is 226 g/mol. The van der Waals surface area contributed by atoms with Crippen molar-refractivity contribution in [1.29, 1.82) is 0 Å². The number of hydrogen-bond acceptors (Lipinski definition) is 4. The molecule has 1 aromatic heterocycles. The Morgan fingerprint density at radius 1 is 1.27 bits per heavy atom. The van der Waals surface area contributed by atoms with Gasteiger partial charge < -0.3 is 10.6 Å². The minimum atomic E-state index is -0.0520. The molecule has 1 aliphatic rings. The fourth-order valence-corrected chi connectivity index (χ4v) is 1.77. The highest BCUT2D eigenvalue weighted by Gasteiger charge is 2.19. The topological polar surface area (TPSA) is 49.8 Å². The summed E-state index contributed by atoms with van der Waals surface area (Å²) in [6.07, 6.45) is 0. The lowest BCUT2D eigenvalue weighted by Crippen LogP contribution is -2.27. The molecule has 0 radical (unpaired) electrons. The molecule has 0 aromatic carbocycles. The van der Waals surface area contributed by atoms with Crippen LogP contribution in [-0.2, 0) is 13.1 Å². The third kappa shape index (κ3) is 2.38. The molecule has 1 aromatic rings. The standard InChI is InChI=1S/C10H15ClN4/c1-10(2,3)15-9-13-7-5-12-4-6(7)8(11)14-9/h12H,4-5H2,1-3H3,(H,13,14,15). The molecule has 1 aliphatic heterocycles. The number of anilines is 1. The molecule has 0 saturated heterocycles. The average molecular weight is 227 g/mol. The van der Waals surface area contributed by atoms with E-state index in [1.807, 2.05) is 0 Å². The van der Waals surface area contributed by atoms with Gasteiger partial charge in [0.1, 0.15) is 5.15 Å². The van der Waals surface area contributed by atoms with Gasteiger partial charge in [0, 0.05) is 24.2 Å². The Labute approximate surface area is 94.5 Å². The predicted octanol–water partition coefficient (Wildman–Crippen LogP) is 1.94. The number of nitrogens with zero attached hydrogens (tertiary/aromatic N) is 2. The molecule has 4 nitrogen and oxygen atoms in total. The first-order chi connectivity index (χ1) is 6.96. The van der Waals surface area contributed by atoms with Crippen LogP contribution in [0.25, 0.3) is 0 Å². The van der Waals surface area contributed by atoms with Crippen molar-refractivity contribution in [3.63, 3.8) is 0 Å². The highest BCUT2D eigenvalue weighted by Crippen LogP contribution is 2.23. The Kier molecular flexibility index (Phi) is 2.56. The summed E-state index contributed by atoms with van der Waals surface area (Å²) in [5.74, 6) is 0.606. The minimum Gasteiger partial charge on any atom is -0.350 e. The van der Waals surface area contributed by atoms with Crippen LogP contribution < -0.4 is 10.6 Å². The van der Waals surface area contributed by atoms with Gasteiger partial charge in [-0.15, -0.1) is 0 Å². The molecule has 0 bridgehead atoms. The third-order valence-electron chi connectivity index (χ3n) is 2.12. The molecule has 0 amide bonds. The Balaban J connectivity index is 2.32. The van der Waals surface area contributed by atoms with Gasteiger partial charge in [0.2, 0.25) is 5.95 Å². The molecule has 0 fully saturated rings. The zero-order valence-electron chi connectivity index (χ0n) is 9.19. The molecule has 82 valence electrons. The van der Waals surface area contributed by atoms with Gasteiger partial charge in [-0.1, -0.05) is 11.6 Å². The zero-order valence-corrected chi connectivity index (χ0v) is 9.94. The average Bonchev–Trinajstić information content (AvgIpc) is 2.48. The summed E-state index contributed by atoms with van der Waals surface area (Å²) in [5.41, 5.74) is 1.97. The van der Waals surface area contributed by atoms with Gasteiger partial charge in [-0.05, 0) is 20.8 Å². The molecule has 2 N–H and O–H groups in total. The molecule has 0 aliphatic carbocycles. The molecular formula is C10H15ClN4. The van der Waals surface area contributed by atoms with Crippen molar-refractivity contribution in [3.8, 4) is 0 Å². The lowest BCUT2D eigenvalue weighted by Gasteiger charge is -2.20. The lowest BCUT2D eigenvalue weighted by molar-refractivity contribution is 0.625. The molecule has 0 unspecified atom stereocenters. The van der Waals surface area contributed by atoms with Crippen LogP contribution in [0, 0.1) is 0 Å². The number of nitrogens with one attached hydrogen (secondary N) is 2. The van der Waals surface area contributed by atoms with Gasteiger partial charge in [0.15, 0.2) is 0 Å². The van der Waals surface area contributed by atoms with Crippen LogP contribution in [0.4, 0.5) is 5.95 Å². The zero-order chi connectivity index (χ0) is 11.1. The van der Waals surface area contributed by atoms with Crippen LogP contribution in [0.15, 0.2) is 0 Å². The van der Waals surface area contributed by atoms with Gasteiger partial charge in [-0.25, -0.2) is 9.97 Å². The van der Waals surface area contributed by atoms with Crippen molar-refractivity contribution < 1.29 is 0 Å². The molecule has 5 heteroatoms. The second-order valence-corrected chi connectivity index (χ2v) is 5.10. The largest absolute Gasteiger partial charge is 0.350 e. The van der Waals surface area contributed by atoms with E-state index in [1.54, 1.807) is 0 Å². The van der Waals surface area contributed by atoms with E-state index < -0.39 is 0 Å². The fraction of sp³-hybridized carbons (Fsp3) is 0.600. The SMILES string of the molecule is CC(C)(C)Nc1nc(Cl)c2c(n1)CNC2. The minimum absolute atomic E-state index is 0.0520. The Morgan fingerprint density at radius 3 is 2.67 bits per heavy atom. The van der Waals surface area contributed by atoms with Crippen molar-refractivity contribution >= 4 is 17.5 Å². The normalized spacial score (nSPS) is 15.2. The second kappa shape index (κ2) is 3.61. The fourth-order valence-electron chi connectivity index (χ4n) is 1.52. The highest BCUT2D eigenvalue weighted by molar-refractivity contribution is 6.30. The van der Waals surface area contributed by atoms with Crippen molar-refractivity contribution in [2.75, 3.05) is 5.32 Å². The van der Waals surface area contributed by atoms with E-state index in [1.165, 1.54) is 0 Å². The molecule has 15 heavy (non-hydrogen) atoms. The van der Waals surface area contributed by atoms with Crippen LogP contribution in [-0.4, -0.2) is 15.5 Å². The maximum Gasteiger partial charge on any atom is 0.224 e. The molecule has 2 rings (SSSR count). The van der Waals surface area contributed by atoms with Crippen molar-refractivity contribution in [3.05, 3.63) is 16.4 Å². The van der Waals surface area contributed by atoms with Gasteiger partial charge in [-0.3, -0.25) is 0 Å². The highest BCUT2D eigenvalue weighted by atomic mass is 35.5. The Morgan fingerprint density at radius 2 is 2.00 bits per heavy atom. The lowest BCUT2D eigenvalue weighted by atomic mass is 10.1. The molecule has 0 saturated carbocycles. The summed E-state index contributed by atoms with van der Waals surface area (Å²) >= 11 is 6.07. The van der Waals surface area contributed by atoms with E-state index in [2.05, 4.69) is 41.4 Å². The van der Waals surface area contributed by atoms with Crippen molar-refractivity contribution in [2.45, 2.75) is 39.4 Å².